The van der Waals surface area contributed by atoms with Crippen molar-refractivity contribution >= 4 is 33.4 Å². The second-order valence-electron chi connectivity index (χ2n) is 2.62. The van der Waals surface area contributed by atoms with Crippen LogP contribution in [0.4, 0.5) is 5.69 Å². The van der Waals surface area contributed by atoms with Gasteiger partial charge in [-0.15, -0.1) is 0 Å². The minimum Gasteiger partial charge on any atom is -0.211 e. The molecule has 0 saturated heterocycles. The summed E-state index contributed by atoms with van der Waals surface area (Å²) in [7, 11) is 0. The lowest BCUT2D eigenvalue weighted by atomic mass is 10.2. The molecular weight excluding hydrogens is 184 g/mol. The van der Waals surface area contributed by atoms with E-state index < -0.39 is 0 Å². The van der Waals surface area contributed by atoms with Gasteiger partial charge in [-0.2, -0.15) is 9.37 Å². The summed E-state index contributed by atoms with van der Waals surface area (Å²) < 4.78 is 5.14. The Labute approximate surface area is 78.9 Å². The van der Waals surface area contributed by atoms with Gasteiger partial charge in [0, 0.05) is 5.39 Å². The van der Waals surface area contributed by atoms with Crippen LogP contribution in [0.1, 0.15) is 5.69 Å². The summed E-state index contributed by atoms with van der Waals surface area (Å²) >= 11 is 1.36. The maximum Gasteiger partial charge on any atom is 0.240 e. The highest BCUT2D eigenvalue weighted by Crippen LogP contribution is 2.30. The minimum absolute atomic E-state index is 0.651. The first-order chi connectivity index (χ1) is 6.33. The van der Waals surface area contributed by atoms with Crippen LogP contribution in [-0.2, 0) is 4.79 Å². The third-order valence-electron chi connectivity index (χ3n) is 1.82. The van der Waals surface area contributed by atoms with Gasteiger partial charge in [0.2, 0.25) is 6.08 Å². The zero-order valence-electron chi connectivity index (χ0n) is 6.94. The molecule has 0 radical (unpaired) electrons. The second kappa shape index (κ2) is 3.09. The number of hydrogen-bond acceptors (Lipinski definition) is 4. The van der Waals surface area contributed by atoms with E-state index in [9.17, 15) is 4.79 Å². The number of aromatic nitrogens is 1. The van der Waals surface area contributed by atoms with Crippen molar-refractivity contribution in [1.82, 2.24) is 4.37 Å². The molecule has 0 N–H and O–H groups in total. The molecule has 0 aliphatic rings. The van der Waals surface area contributed by atoms with Crippen LogP contribution in [0, 0.1) is 6.92 Å². The number of aryl methyl sites for hydroxylation is 1. The zero-order valence-corrected chi connectivity index (χ0v) is 7.76. The lowest BCUT2D eigenvalue weighted by Gasteiger charge is -1.91. The molecule has 1 aromatic heterocycles. The summed E-state index contributed by atoms with van der Waals surface area (Å²) in [4.78, 5) is 13.7. The van der Waals surface area contributed by atoms with Crippen molar-refractivity contribution in [3.05, 3.63) is 23.9 Å². The second-order valence-corrected chi connectivity index (χ2v) is 3.40. The summed E-state index contributed by atoms with van der Waals surface area (Å²) in [6.07, 6.45) is 1.54. The van der Waals surface area contributed by atoms with E-state index in [1.165, 1.54) is 17.6 Å². The van der Waals surface area contributed by atoms with E-state index >= 15 is 0 Å². The van der Waals surface area contributed by atoms with E-state index in [0.29, 0.717) is 5.69 Å². The van der Waals surface area contributed by atoms with E-state index in [1.807, 2.05) is 19.1 Å². The fourth-order valence-corrected chi connectivity index (χ4v) is 2.05. The van der Waals surface area contributed by atoms with E-state index in [1.54, 1.807) is 6.07 Å². The van der Waals surface area contributed by atoms with Gasteiger partial charge in [-0.25, -0.2) is 4.79 Å². The minimum atomic E-state index is 0.651. The van der Waals surface area contributed by atoms with E-state index in [2.05, 4.69) is 9.37 Å². The maximum atomic E-state index is 10.1. The average Bonchev–Trinajstić information content (AvgIpc) is 2.50. The van der Waals surface area contributed by atoms with Crippen molar-refractivity contribution < 1.29 is 4.79 Å². The van der Waals surface area contributed by atoms with Gasteiger partial charge in [0.1, 0.15) is 0 Å². The highest BCUT2D eigenvalue weighted by Gasteiger charge is 2.04. The third-order valence-corrected chi connectivity index (χ3v) is 2.80. The van der Waals surface area contributed by atoms with Crippen LogP contribution >= 0.6 is 11.5 Å². The molecule has 1 heterocycles. The molecule has 0 unspecified atom stereocenters. The van der Waals surface area contributed by atoms with Gasteiger partial charge in [0.05, 0.1) is 16.1 Å². The highest BCUT2D eigenvalue weighted by molar-refractivity contribution is 7.14. The average molecular weight is 190 g/mol. The molecule has 64 valence electrons. The molecule has 1 aromatic carbocycles. The molecule has 3 nitrogen and oxygen atoms in total. The van der Waals surface area contributed by atoms with Crippen LogP contribution in [0.3, 0.4) is 0 Å². The predicted molar refractivity (Wildman–Crippen MR) is 52.1 cm³/mol. The molecule has 0 fully saturated rings. The SMILES string of the molecule is Cc1nsc2c(N=C=O)cccc12. The lowest BCUT2D eigenvalue weighted by molar-refractivity contribution is 0.565. The number of aliphatic imine (C=N–C) groups is 1. The van der Waals surface area contributed by atoms with Crippen LogP contribution in [0.25, 0.3) is 10.1 Å². The Kier molecular flexibility index (Phi) is 1.93. The van der Waals surface area contributed by atoms with Crippen LogP contribution in [0.5, 0.6) is 0 Å². The molecule has 0 atom stereocenters. The van der Waals surface area contributed by atoms with Gasteiger partial charge in [-0.3, -0.25) is 0 Å². The first kappa shape index (κ1) is 8.10. The Morgan fingerprint density at radius 2 is 2.38 bits per heavy atom. The van der Waals surface area contributed by atoms with Gasteiger partial charge in [-0.05, 0) is 24.5 Å². The first-order valence-electron chi connectivity index (χ1n) is 3.76. The van der Waals surface area contributed by atoms with Crippen LogP contribution in [0.15, 0.2) is 23.2 Å². The van der Waals surface area contributed by atoms with Crippen molar-refractivity contribution in [1.29, 1.82) is 0 Å². The largest absolute Gasteiger partial charge is 0.240 e. The summed E-state index contributed by atoms with van der Waals surface area (Å²) in [6, 6.07) is 5.61. The molecule has 13 heavy (non-hydrogen) atoms. The Hall–Kier alpha value is -1.51. The van der Waals surface area contributed by atoms with Crippen molar-refractivity contribution in [2.24, 2.45) is 4.99 Å². The van der Waals surface area contributed by atoms with E-state index in [4.69, 9.17) is 0 Å². The summed E-state index contributed by atoms with van der Waals surface area (Å²) in [5.74, 6) is 0. The molecule has 0 aliphatic heterocycles. The van der Waals surface area contributed by atoms with Crippen LogP contribution in [0.2, 0.25) is 0 Å². The molecular formula is C9H6N2OS. The molecule has 0 amide bonds. The highest BCUT2D eigenvalue weighted by atomic mass is 32.1. The summed E-state index contributed by atoms with van der Waals surface area (Å²) in [6.45, 7) is 1.94. The molecule has 2 aromatic rings. The lowest BCUT2D eigenvalue weighted by Crippen LogP contribution is -1.69. The van der Waals surface area contributed by atoms with Gasteiger partial charge in [0.25, 0.3) is 0 Å². The summed E-state index contributed by atoms with van der Waals surface area (Å²) in [5.41, 5.74) is 1.63. The molecule has 0 bridgehead atoms. The van der Waals surface area contributed by atoms with Crippen LogP contribution in [-0.4, -0.2) is 10.5 Å². The molecule has 0 saturated carbocycles. The smallest absolute Gasteiger partial charge is 0.211 e. The maximum absolute atomic E-state index is 10.1. The zero-order chi connectivity index (χ0) is 9.26. The predicted octanol–water partition coefficient (Wildman–Crippen LogP) is 2.57. The van der Waals surface area contributed by atoms with Crippen molar-refractivity contribution in [3.63, 3.8) is 0 Å². The number of nitrogens with zero attached hydrogens (tertiary/aromatic N) is 2. The quantitative estimate of drug-likeness (QED) is 0.512. The topological polar surface area (TPSA) is 42.3 Å². The number of hydrogen-bond donors (Lipinski definition) is 0. The molecule has 0 spiro atoms. The van der Waals surface area contributed by atoms with Crippen molar-refractivity contribution in [3.8, 4) is 0 Å². The number of benzene rings is 1. The van der Waals surface area contributed by atoms with Gasteiger partial charge >= 0.3 is 0 Å². The normalized spacial score (nSPS) is 9.92. The Bertz CT molecular complexity index is 497. The van der Waals surface area contributed by atoms with Crippen molar-refractivity contribution in [2.75, 3.05) is 0 Å². The third kappa shape index (κ3) is 1.26. The number of fused-ring (bicyclic) bond motifs is 1. The standard InChI is InChI=1S/C9H6N2OS/c1-6-7-3-2-4-8(10-5-12)9(7)13-11-6/h2-4H,1H3. The molecule has 0 aliphatic carbocycles. The summed E-state index contributed by atoms with van der Waals surface area (Å²) in [5, 5.41) is 1.06. The van der Waals surface area contributed by atoms with Crippen LogP contribution < -0.4 is 0 Å². The van der Waals surface area contributed by atoms with E-state index in [-0.39, 0.29) is 0 Å². The van der Waals surface area contributed by atoms with Gasteiger partial charge in [0.15, 0.2) is 0 Å². The van der Waals surface area contributed by atoms with E-state index in [0.717, 1.165) is 15.8 Å². The molecule has 2 rings (SSSR count). The fraction of sp³-hybridized carbons (Fsp3) is 0.111. The first-order valence-corrected chi connectivity index (χ1v) is 4.53. The fourth-order valence-electron chi connectivity index (χ4n) is 1.21. The van der Waals surface area contributed by atoms with Crippen molar-refractivity contribution in [2.45, 2.75) is 6.92 Å². The Morgan fingerprint density at radius 3 is 3.15 bits per heavy atom. The molecule has 4 heteroatoms. The Balaban J connectivity index is 2.84. The monoisotopic (exact) mass is 190 g/mol. The number of carbonyl (C=O) groups excluding carboxylic acids is 1. The number of isocyanates is 1. The van der Waals surface area contributed by atoms with Gasteiger partial charge in [-0.1, -0.05) is 12.1 Å². The van der Waals surface area contributed by atoms with Gasteiger partial charge < -0.3 is 0 Å². The number of rotatable bonds is 1. The Morgan fingerprint density at radius 1 is 1.54 bits per heavy atom.